The third kappa shape index (κ3) is 3.95. The molecule has 2 rings (SSSR count). The van der Waals surface area contributed by atoms with Crippen LogP contribution in [0.1, 0.15) is 40.2 Å². The summed E-state index contributed by atoms with van der Waals surface area (Å²) in [6.07, 6.45) is 0. The Labute approximate surface area is 136 Å². The number of hydrogen-bond acceptors (Lipinski definition) is 3. The normalized spacial score (nSPS) is 17.1. The Morgan fingerprint density at radius 2 is 1.73 bits per heavy atom. The van der Waals surface area contributed by atoms with Crippen LogP contribution in [0.2, 0.25) is 0 Å². The van der Waals surface area contributed by atoms with Gasteiger partial charge in [0.1, 0.15) is 5.75 Å². The average Bonchev–Trinajstić information content (AvgIpc) is 2.45. The molecular formula is C19H32N2O. The topological polar surface area (TPSA) is 15.7 Å². The van der Waals surface area contributed by atoms with Crippen LogP contribution < -0.4 is 9.64 Å². The van der Waals surface area contributed by atoms with Crippen LogP contribution in [0.3, 0.4) is 0 Å². The van der Waals surface area contributed by atoms with Gasteiger partial charge < -0.3 is 9.64 Å². The predicted molar refractivity (Wildman–Crippen MR) is 95.2 cm³/mol. The van der Waals surface area contributed by atoms with E-state index in [9.17, 15) is 0 Å². The first kappa shape index (κ1) is 17.1. The Kier molecular flexibility index (Phi) is 5.38. The minimum absolute atomic E-state index is 0.0980. The molecule has 1 fully saturated rings. The highest BCUT2D eigenvalue weighted by molar-refractivity contribution is 5.63. The molecular weight excluding hydrogens is 272 g/mol. The van der Waals surface area contributed by atoms with Crippen LogP contribution in [-0.2, 0) is 5.41 Å². The third-order valence-corrected chi connectivity index (χ3v) is 4.34. The summed E-state index contributed by atoms with van der Waals surface area (Å²) in [5.74, 6) is 1.79. The van der Waals surface area contributed by atoms with Gasteiger partial charge in [0.25, 0.3) is 0 Å². The molecule has 0 spiro atoms. The van der Waals surface area contributed by atoms with Crippen LogP contribution in [0.15, 0.2) is 18.2 Å². The quantitative estimate of drug-likeness (QED) is 0.842. The molecule has 0 radical (unpaired) electrons. The Bertz CT molecular complexity index is 483. The zero-order chi connectivity index (χ0) is 16.3. The lowest BCUT2D eigenvalue weighted by molar-refractivity contribution is 0.230. The van der Waals surface area contributed by atoms with Crippen LogP contribution in [0.25, 0.3) is 0 Å². The predicted octanol–water partition coefficient (Wildman–Crippen LogP) is 3.77. The van der Waals surface area contributed by atoms with Crippen molar-refractivity contribution in [3.8, 4) is 5.75 Å². The zero-order valence-corrected chi connectivity index (χ0v) is 15.1. The minimum atomic E-state index is 0.0980. The fraction of sp³-hybridized carbons (Fsp3) is 0.684. The van der Waals surface area contributed by atoms with Gasteiger partial charge >= 0.3 is 0 Å². The standard InChI is InChI=1S/C19H32N2O/c1-15(2)14-20-10-12-21(13-11-20)17-9-7-8-16(18(17)22-6)19(3,4)5/h7-9,15H,10-14H2,1-6H3. The van der Waals surface area contributed by atoms with Crippen LogP contribution in [-0.4, -0.2) is 44.7 Å². The second-order valence-electron chi connectivity index (χ2n) is 7.79. The van der Waals surface area contributed by atoms with Gasteiger partial charge in [-0.15, -0.1) is 0 Å². The van der Waals surface area contributed by atoms with Crippen molar-refractivity contribution in [1.29, 1.82) is 0 Å². The van der Waals surface area contributed by atoms with Crippen molar-refractivity contribution >= 4 is 5.69 Å². The molecule has 0 unspecified atom stereocenters. The van der Waals surface area contributed by atoms with Crippen LogP contribution >= 0.6 is 0 Å². The first-order valence-electron chi connectivity index (χ1n) is 8.47. The summed E-state index contributed by atoms with van der Waals surface area (Å²) in [6, 6.07) is 6.56. The lowest BCUT2D eigenvalue weighted by Gasteiger charge is -2.38. The molecule has 124 valence electrons. The fourth-order valence-corrected chi connectivity index (χ4v) is 3.27. The Balaban J connectivity index is 2.17. The Morgan fingerprint density at radius 3 is 2.23 bits per heavy atom. The van der Waals surface area contributed by atoms with Gasteiger partial charge in [0, 0.05) is 38.3 Å². The van der Waals surface area contributed by atoms with Gasteiger partial charge in [0.2, 0.25) is 0 Å². The largest absolute Gasteiger partial charge is 0.494 e. The van der Waals surface area contributed by atoms with E-state index in [4.69, 9.17) is 4.74 Å². The van der Waals surface area contributed by atoms with E-state index in [1.807, 2.05) is 0 Å². The molecule has 3 heteroatoms. The van der Waals surface area contributed by atoms with Gasteiger partial charge in [-0.3, -0.25) is 4.90 Å². The number of anilines is 1. The van der Waals surface area contributed by atoms with Crippen molar-refractivity contribution in [3.05, 3.63) is 23.8 Å². The Morgan fingerprint density at radius 1 is 1.09 bits per heavy atom. The number of ether oxygens (including phenoxy) is 1. The van der Waals surface area contributed by atoms with Crippen molar-refractivity contribution in [2.75, 3.05) is 44.7 Å². The minimum Gasteiger partial charge on any atom is -0.494 e. The average molecular weight is 304 g/mol. The van der Waals surface area contributed by atoms with E-state index in [-0.39, 0.29) is 5.41 Å². The van der Waals surface area contributed by atoms with E-state index in [0.717, 1.165) is 37.8 Å². The van der Waals surface area contributed by atoms with Crippen molar-refractivity contribution in [3.63, 3.8) is 0 Å². The summed E-state index contributed by atoms with van der Waals surface area (Å²) in [4.78, 5) is 5.05. The number of hydrogen-bond donors (Lipinski definition) is 0. The number of nitrogens with zero attached hydrogens (tertiary/aromatic N) is 2. The van der Waals surface area contributed by atoms with Crippen LogP contribution in [0.4, 0.5) is 5.69 Å². The van der Waals surface area contributed by atoms with Crippen molar-refractivity contribution in [2.45, 2.75) is 40.0 Å². The molecule has 1 aliphatic heterocycles. The van der Waals surface area contributed by atoms with Crippen LogP contribution in [0, 0.1) is 5.92 Å². The van der Waals surface area contributed by atoms with E-state index in [1.54, 1.807) is 7.11 Å². The molecule has 0 aromatic heterocycles. The molecule has 0 amide bonds. The molecule has 1 aromatic rings. The summed E-state index contributed by atoms with van der Waals surface area (Å²) >= 11 is 0. The second kappa shape index (κ2) is 6.91. The van der Waals surface area contributed by atoms with E-state index < -0.39 is 0 Å². The summed E-state index contributed by atoms with van der Waals surface area (Å²) in [6.45, 7) is 17.0. The monoisotopic (exact) mass is 304 g/mol. The van der Waals surface area contributed by atoms with E-state index >= 15 is 0 Å². The number of benzene rings is 1. The number of methoxy groups -OCH3 is 1. The summed E-state index contributed by atoms with van der Waals surface area (Å²) in [7, 11) is 1.79. The van der Waals surface area contributed by atoms with E-state index in [2.05, 4.69) is 62.6 Å². The summed E-state index contributed by atoms with van der Waals surface area (Å²) in [5, 5.41) is 0. The molecule has 0 aliphatic carbocycles. The van der Waals surface area contributed by atoms with Gasteiger partial charge in [-0.1, -0.05) is 46.8 Å². The zero-order valence-electron chi connectivity index (χ0n) is 15.1. The van der Waals surface area contributed by atoms with Gasteiger partial charge in [0.15, 0.2) is 0 Å². The van der Waals surface area contributed by atoms with Gasteiger partial charge in [-0.25, -0.2) is 0 Å². The maximum Gasteiger partial charge on any atom is 0.145 e. The Hall–Kier alpha value is -1.22. The molecule has 1 saturated heterocycles. The highest BCUT2D eigenvalue weighted by Crippen LogP contribution is 2.38. The first-order valence-corrected chi connectivity index (χ1v) is 8.47. The highest BCUT2D eigenvalue weighted by Gasteiger charge is 2.25. The maximum atomic E-state index is 5.79. The van der Waals surface area contributed by atoms with E-state index in [1.165, 1.54) is 17.8 Å². The smallest absolute Gasteiger partial charge is 0.145 e. The second-order valence-corrected chi connectivity index (χ2v) is 7.79. The highest BCUT2D eigenvalue weighted by atomic mass is 16.5. The molecule has 0 N–H and O–H groups in total. The lowest BCUT2D eigenvalue weighted by atomic mass is 9.86. The molecule has 1 aliphatic rings. The van der Waals surface area contributed by atoms with Gasteiger partial charge in [-0.2, -0.15) is 0 Å². The lowest BCUT2D eigenvalue weighted by Crippen LogP contribution is -2.47. The molecule has 1 aromatic carbocycles. The molecule has 1 heterocycles. The fourth-order valence-electron chi connectivity index (χ4n) is 3.27. The van der Waals surface area contributed by atoms with Crippen molar-refractivity contribution in [2.24, 2.45) is 5.92 Å². The van der Waals surface area contributed by atoms with Crippen molar-refractivity contribution < 1.29 is 4.74 Å². The molecule has 3 nitrogen and oxygen atoms in total. The molecule has 0 bridgehead atoms. The number of para-hydroxylation sites is 1. The van der Waals surface area contributed by atoms with E-state index in [0.29, 0.717) is 0 Å². The molecule has 0 atom stereocenters. The van der Waals surface area contributed by atoms with Gasteiger partial charge in [0.05, 0.1) is 12.8 Å². The summed E-state index contributed by atoms with van der Waals surface area (Å²) in [5.41, 5.74) is 2.64. The molecule has 22 heavy (non-hydrogen) atoms. The maximum absolute atomic E-state index is 5.79. The number of piperazine rings is 1. The van der Waals surface area contributed by atoms with Gasteiger partial charge in [-0.05, 0) is 17.4 Å². The molecule has 0 saturated carbocycles. The first-order chi connectivity index (χ1) is 10.3. The third-order valence-electron chi connectivity index (χ3n) is 4.34. The number of rotatable bonds is 4. The summed E-state index contributed by atoms with van der Waals surface area (Å²) < 4.78 is 5.79. The van der Waals surface area contributed by atoms with Crippen LogP contribution in [0.5, 0.6) is 5.75 Å². The SMILES string of the molecule is COc1c(N2CCN(CC(C)C)CC2)cccc1C(C)(C)C. The van der Waals surface area contributed by atoms with Crippen molar-refractivity contribution in [1.82, 2.24) is 4.90 Å².